The predicted octanol–water partition coefficient (Wildman–Crippen LogP) is 9.67. The van der Waals surface area contributed by atoms with Crippen molar-refractivity contribution in [2.75, 3.05) is 5.32 Å². The minimum atomic E-state index is -5.28. The van der Waals surface area contributed by atoms with Gasteiger partial charge >= 0.3 is 0 Å². The fraction of sp³-hybridized carbons (Fsp3) is 0.367. The Balaban J connectivity index is 1.52. The lowest BCUT2D eigenvalue weighted by atomic mass is 9.91. The first-order valence-electron chi connectivity index (χ1n) is 23.1. The van der Waals surface area contributed by atoms with Crippen LogP contribution in [0.1, 0.15) is 97.6 Å². The lowest BCUT2D eigenvalue weighted by Crippen LogP contribution is -2.48. The lowest BCUT2D eigenvalue weighted by molar-refractivity contribution is 0.170. The number of hydrogen-bond donors (Lipinski definition) is 5. The molecule has 1 heterocycles. The topological polar surface area (TPSA) is 292 Å². The summed E-state index contributed by atoms with van der Waals surface area (Å²) in [4.78, 5) is 1.75. The molecule has 0 radical (unpaired) electrons. The molecule has 0 atom stereocenters. The van der Waals surface area contributed by atoms with Gasteiger partial charge in [0.1, 0.15) is 30.9 Å². The molecule has 72 heavy (non-hydrogen) atoms. The second kappa shape index (κ2) is 19.3. The van der Waals surface area contributed by atoms with Gasteiger partial charge in [0, 0.05) is 52.0 Å². The molecule has 0 unspecified atom stereocenters. The first-order chi connectivity index (χ1) is 33.5. The van der Waals surface area contributed by atoms with Crippen molar-refractivity contribution >= 4 is 78.5 Å². The normalized spacial score (nSPS) is 16.3. The molecular formula is C49H55N3O15S5. The first-order valence-corrected chi connectivity index (χ1v) is 30.3. The Morgan fingerprint density at radius 2 is 1.08 bits per heavy atom. The molecule has 386 valence electrons. The average Bonchev–Trinajstić information content (AvgIpc) is 3.26. The van der Waals surface area contributed by atoms with Gasteiger partial charge < -0.3 is 9.73 Å². The number of nitrogens with zero attached hydrogens (tertiary/aromatic N) is 2. The highest BCUT2D eigenvalue weighted by Gasteiger charge is 2.40. The fourth-order valence-corrected chi connectivity index (χ4v) is 16.3. The number of aryl methyl sites for hydroxylation is 4. The van der Waals surface area contributed by atoms with Gasteiger partial charge in [-0.3, -0.25) is 18.2 Å². The highest BCUT2D eigenvalue weighted by molar-refractivity contribution is 7.89. The Morgan fingerprint density at radius 3 is 1.62 bits per heavy atom. The maximum Gasteiger partial charge on any atom is 0.296 e. The van der Waals surface area contributed by atoms with E-state index in [2.05, 4.69) is 10.3 Å². The zero-order valence-electron chi connectivity index (χ0n) is 40.2. The molecule has 8 rings (SSSR count). The number of benzene rings is 5. The predicted molar refractivity (Wildman–Crippen MR) is 270 cm³/mol. The number of fused-ring (bicyclic) bond motifs is 2. The third-order valence-electron chi connectivity index (χ3n) is 13.8. The van der Waals surface area contributed by atoms with Crippen LogP contribution in [0.3, 0.4) is 0 Å². The van der Waals surface area contributed by atoms with Crippen molar-refractivity contribution < 1.29 is 64.7 Å². The van der Waals surface area contributed by atoms with E-state index >= 15 is 8.42 Å². The van der Waals surface area contributed by atoms with Crippen molar-refractivity contribution in [2.45, 2.75) is 142 Å². The molecule has 0 bridgehead atoms. The number of rotatable bonds is 12. The van der Waals surface area contributed by atoms with E-state index in [1.165, 1.54) is 64.1 Å². The summed E-state index contributed by atoms with van der Waals surface area (Å²) in [6.07, 6.45) is 7.68. The highest BCUT2D eigenvalue weighted by Crippen LogP contribution is 2.47. The van der Waals surface area contributed by atoms with E-state index in [1.54, 1.807) is 24.2 Å². The molecule has 0 spiro atoms. The number of nitrogens with one attached hydrogen (secondary N) is 1. The van der Waals surface area contributed by atoms with Gasteiger partial charge in [-0.05, 0) is 119 Å². The van der Waals surface area contributed by atoms with Crippen LogP contribution in [0, 0.1) is 41.5 Å². The third-order valence-corrected chi connectivity index (χ3v) is 19.9. The molecular weight excluding hydrogens is 1030 g/mol. The maximum atomic E-state index is 15.6. The van der Waals surface area contributed by atoms with Gasteiger partial charge in [0.15, 0.2) is 0 Å². The van der Waals surface area contributed by atoms with Gasteiger partial charge in [0.2, 0.25) is 10.0 Å². The summed E-state index contributed by atoms with van der Waals surface area (Å²) in [5.74, 6) is -0.202. The van der Waals surface area contributed by atoms with Gasteiger partial charge in [-0.2, -0.15) is 38.0 Å². The van der Waals surface area contributed by atoms with Gasteiger partial charge in [-0.15, -0.1) is 0 Å². The minimum Gasteiger partial charge on any atom is -0.456 e. The summed E-state index contributed by atoms with van der Waals surface area (Å²) >= 11 is 0. The van der Waals surface area contributed by atoms with Crippen LogP contribution in [-0.2, 0) is 50.5 Å². The van der Waals surface area contributed by atoms with Crippen LogP contribution in [0.25, 0.3) is 33.4 Å². The molecule has 5 N–H and O–H groups in total. The van der Waals surface area contributed by atoms with E-state index in [0.717, 1.165) is 56.7 Å². The summed E-state index contributed by atoms with van der Waals surface area (Å²) < 4.78 is 186. The standard InChI is InChI=1S/C49H55N3O15S5/c1-27-21-29(3)48(71(61,62)63)31(5)46(27)50-38-25-40-36(23-43(38)69(55,56)57)45(35-19-13-14-20-42(35)68(53,54)52(33-15-9-7-10-16-33)34-17-11-8-12-18-34)37-24-44(70(58,59)60)39(26-41(37)67-40)51-47-28(2)22-30(4)49(32(47)6)72(64,65)66/h13-14,19-26,33-34,50H,7-12,15-18H2,1-6H3,(H,55,56,57)(H,58,59,60)(H,61,62,63)(H,64,65,66)/b51-39+. The van der Waals surface area contributed by atoms with Gasteiger partial charge in [0.05, 0.1) is 21.6 Å². The highest BCUT2D eigenvalue weighted by atomic mass is 32.2. The van der Waals surface area contributed by atoms with Crippen molar-refractivity contribution in [1.29, 1.82) is 0 Å². The fourth-order valence-electron chi connectivity index (χ4n) is 10.9. The molecule has 4 aromatic carbocycles. The Kier molecular flexibility index (Phi) is 14.3. The quantitative estimate of drug-likeness (QED) is 0.0563. The van der Waals surface area contributed by atoms with Crippen molar-refractivity contribution in [1.82, 2.24) is 4.31 Å². The van der Waals surface area contributed by atoms with Gasteiger partial charge in [0.25, 0.3) is 40.5 Å². The molecule has 23 heteroatoms. The number of hydrogen-bond acceptors (Lipinski definition) is 13. The summed E-state index contributed by atoms with van der Waals surface area (Å²) in [6, 6.07) is 12.4. The van der Waals surface area contributed by atoms with Gasteiger partial charge in [-0.1, -0.05) is 68.9 Å². The van der Waals surface area contributed by atoms with Crippen LogP contribution < -0.4 is 10.7 Å². The second-order valence-corrected chi connectivity index (χ2v) is 26.2. The van der Waals surface area contributed by atoms with E-state index in [9.17, 15) is 51.9 Å². The van der Waals surface area contributed by atoms with Crippen LogP contribution in [0.2, 0.25) is 0 Å². The van der Waals surface area contributed by atoms with E-state index in [1.807, 2.05) is 0 Å². The Hall–Kier alpha value is -5.08. The zero-order valence-corrected chi connectivity index (χ0v) is 44.3. The molecule has 18 nitrogen and oxygen atoms in total. The van der Waals surface area contributed by atoms with Crippen LogP contribution in [0.15, 0.2) is 94.6 Å². The van der Waals surface area contributed by atoms with E-state index in [4.69, 9.17) is 4.42 Å². The van der Waals surface area contributed by atoms with Crippen LogP contribution in [-0.4, -0.2) is 76.7 Å². The summed E-state index contributed by atoms with van der Waals surface area (Å²) in [5.41, 5.74) is 0.156. The molecule has 4 aromatic rings. The molecule has 2 saturated carbocycles. The monoisotopic (exact) mass is 1090 g/mol. The zero-order chi connectivity index (χ0) is 52.6. The smallest absolute Gasteiger partial charge is 0.296 e. The average molecular weight is 1090 g/mol. The maximum absolute atomic E-state index is 15.6. The molecule has 4 aliphatic rings. The van der Waals surface area contributed by atoms with Crippen LogP contribution in [0.5, 0.6) is 0 Å². The van der Waals surface area contributed by atoms with E-state index in [-0.39, 0.29) is 89.7 Å². The molecule has 2 fully saturated rings. The summed E-state index contributed by atoms with van der Waals surface area (Å²) in [6.45, 7) is 8.80. The molecule has 3 aliphatic carbocycles. The van der Waals surface area contributed by atoms with E-state index in [0.29, 0.717) is 36.8 Å². The molecule has 1 aliphatic heterocycles. The van der Waals surface area contributed by atoms with Crippen molar-refractivity contribution in [3.8, 4) is 22.5 Å². The van der Waals surface area contributed by atoms with E-state index < -0.39 is 75.4 Å². The van der Waals surface area contributed by atoms with Crippen molar-refractivity contribution in [3.05, 3.63) is 99.4 Å². The SMILES string of the molecule is Cc1cc(C)c(S(=O)(=O)O)c(C)c1/N=c1\cc2oc3cc(Nc4c(C)cc(C)c(S(=O)(=O)O)c4C)c(S(=O)(=O)O)cc3c(-c3ccccc3S(=O)(=O)N(C3CCCCC3)C3CCCCC3)c-2cc1S(=O)(=O)O. The largest absolute Gasteiger partial charge is 0.456 e. The van der Waals surface area contributed by atoms with Crippen LogP contribution >= 0.6 is 0 Å². The minimum absolute atomic E-state index is 0.00464. The molecule has 0 aromatic heterocycles. The Bertz CT molecular complexity index is 3820. The molecule has 0 saturated heterocycles. The van der Waals surface area contributed by atoms with Gasteiger partial charge in [-0.25, -0.2) is 13.4 Å². The van der Waals surface area contributed by atoms with Crippen molar-refractivity contribution in [3.63, 3.8) is 0 Å². The van der Waals surface area contributed by atoms with Crippen LogP contribution in [0.4, 0.5) is 17.1 Å². The Labute approximate surface area is 419 Å². The number of sulfonamides is 1. The molecule has 0 amide bonds. The lowest BCUT2D eigenvalue weighted by Gasteiger charge is -2.40. The van der Waals surface area contributed by atoms with Crippen molar-refractivity contribution in [2.24, 2.45) is 4.99 Å². The Morgan fingerprint density at radius 1 is 0.556 bits per heavy atom. The third kappa shape index (κ3) is 10.1. The first kappa shape index (κ1) is 53.2. The summed E-state index contributed by atoms with van der Waals surface area (Å²) in [7, 11) is -24.6. The second-order valence-electron chi connectivity index (χ2n) is 18.8. The summed E-state index contributed by atoms with van der Waals surface area (Å²) in [5, 5.41) is 2.27. The number of anilines is 2.